The fraction of sp³-hybridized carbons (Fsp3) is 0.200. The van der Waals surface area contributed by atoms with Gasteiger partial charge in [0.2, 0.25) is 5.95 Å². The fourth-order valence-electron chi connectivity index (χ4n) is 2.96. The van der Waals surface area contributed by atoms with Crippen molar-refractivity contribution in [2.45, 2.75) is 13.1 Å². The van der Waals surface area contributed by atoms with Crippen molar-refractivity contribution < 1.29 is 13.2 Å². The molecule has 0 aliphatic rings. The number of alkyl halides is 3. The number of nitrogens with two attached hydrogens (primary N) is 1. The first-order valence-corrected chi connectivity index (χ1v) is 9.41. The highest BCUT2D eigenvalue weighted by Gasteiger charge is 2.30. The molecule has 0 radical (unpaired) electrons. The van der Waals surface area contributed by atoms with Gasteiger partial charge in [-0.05, 0) is 31.2 Å². The van der Waals surface area contributed by atoms with Crippen LogP contribution >= 0.6 is 0 Å². The number of benzene rings is 1. The molecule has 8 nitrogen and oxygen atoms in total. The highest BCUT2D eigenvalue weighted by atomic mass is 19.4. The third-order valence-electron chi connectivity index (χ3n) is 4.44. The Morgan fingerprint density at radius 1 is 1.00 bits per heavy atom. The van der Waals surface area contributed by atoms with Crippen molar-refractivity contribution in [1.82, 2.24) is 24.6 Å². The van der Waals surface area contributed by atoms with Crippen LogP contribution in [0.5, 0.6) is 0 Å². The van der Waals surface area contributed by atoms with Gasteiger partial charge in [-0.3, -0.25) is 0 Å². The summed E-state index contributed by atoms with van der Waals surface area (Å²) in [6, 6.07) is 10.1. The lowest BCUT2D eigenvalue weighted by Crippen LogP contribution is -2.17. The van der Waals surface area contributed by atoms with Crippen LogP contribution in [0.1, 0.15) is 11.4 Å². The maximum atomic E-state index is 12.8. The molecular formula is C20H19F3N8. The Kier molecular flexibility index (Phi) is 5.32. The van der Waals surface area contributed by atoms with Crippen molar-refractivity contribution in [3.63, 3.8) is 0 Å². The van der Waals surface area contributed by atoms with E-state index in [-0.39, 0.29) is 0 Å². The van der Waals surface area contributed by atoms with Crippen molar-refractivity contribution in [2.24, 2.45) is 0 Å². The van der Waals surface area contributed by atoms with E-state index in [9.17, 15) is 13.2 Å². The Labute approximate surface area is 175 Å². The van der Waals surface area contributed by atoms with Crippen LogP contribution in [0.25, 0.3) is 16.9 Å². The lowest BCUT2D eigenvalue weighted by molar-refractivity contribution is -0.137. The van der Waals surface area contributed by atoms with Crippen LogP contribution in [0, 0.1) is 6.92 Å². The number of aromatic nitrogens is 5. The minimum atomic E-state index is -4.39. The minimum Gasteiger partial charge on any atom is -0.397 e. The first kappa shape index (κ1) is 20.4. The van der Waals surface area contributed by atoms with Gasteiger partial charge in [0, 0.05) is 24.7 Å². The van der Waals surface area contributed by atoms with Gasteiger partial charge in [-0.2, -0.15) is 17.7 Å². The molecule has 0 atom stereocenters. The van der Waals surface area contributed by atoms with Crippen molar-refractivity contribution in [3.8, 4) is 11.3 Å². The van der Waals surface area contributed by atoms with Gasteiger partial charge in [-0.25, -0.2) is 15.0 Å². The number of nitrogen functional groups attached to an aromatic ring is 1. The van der Waals surface area contributed by atoms with E-state index < -0.39 is 11.7 Å². The van der Waals surface area contributed by atoms with Crippen LogP contribution in [-0.4, -0.2) is 37.7 Å². The molecule has 0 aliphatic heterocycles. The summed E-state index contributed by atoms with van der Waals surface area (Å²) < 4.78 is 40.1. The standard InChI is InChI=1S/C20H19F3N8/c1-12-28-18-10-16(13-2-4-14(5-3-13)20(21,22)23)29-19(31(18)30-12)26-9-8-25-17-7-6-15(24)11-27-17/h2-7,10-11H,8-9,24H2,1H3,(H,25,27)(H,26,29). The molecule has 4 rings (SSSR count). The van der Waals surface area contributed by atoms with Gasteiger partial charge >= 0.3 is 6.18 Å². The number of nitrogens with one attached hydrogen (secondary N) is 2. The number of rotatable bonds is 6. The summed E-state index contributed by atoms with van der Waals surface area (Å²) in [5.74, 6) is 1.67. The number of halogens is 3. The fourth-order valence-corrected chi connectivity index (χ4v) is 2.96. The molecule has 4 aromatic rings. The van der Waals surface area contributed by atoms with Crippen molar-refractivity contribution in [2.75, 3.05) is 29.5 Å². The molecule has 11 heteroatoms. The van der Waals surface area contributed by atoms with E-state index in [2.05, 4.69) is 30.7 Å². The number of anilines is 3. The number of pyridine rings is 1. The molecule has 4 N–H and O–H groups in total. The zero-order chi connectivity index (χ0) is 22.0. The normalized spacial score (nSPS) is 11.6. The smallest absolute Gasteiger partial charge is 0.397 e. The topological polar surface area (TPSA) is 106 Å². The van der Waals surface area contributed by atoms with Crippen molar-refractivity contribution in [1.29, 1.82) is 0 Å². The lowest BCUT2D eigenvalue weighted by Gasteiger charge is -2.11. The Bertz CT molecular complexity index is 1180. The molecule has 0 aliphatic carbocycles. The summed E-state index contributed by atoms with van der Waals surface area (Å²) >= 11 is 0. The SMILES string of the molecule is Cc1nc2cc(-c3ccc(C(F)(F)F)cc3)nc(NCCNc3ccc(N)cn3)n2n1. The van der Waals surface area contributed by atoms with E-state index in [1.807, 2.05) is 0 Å². The highest BCUT2D eigenvalue weighted by molar-refractivity contribution is 5.66. The molecule has 0 saturated heterocycles. The Morgan fingerprint density at radius 3 is 2.42 bits per heavy atom. The Balaban J connectivity index is 1.54. The number of hydrogen-bond donors (Lipinski definition) is 3. The Hall–Kier alpha value is -3.89. The molecule has 0 spiro atoms. The first-order valence-electron chi connectivity index (χ1n) is 9.41. The number of aryl methyl sites for hydroxylation is 1. The zero-order valence-corrected chi connectivity index (χ0v) is 16.5. The second-order valence-electron chi connectivity index (χ2n) is 6.80. The Morgan fingerprint density at radius 2 is 1.74 bits per heavy atom. The van der Waals surface area contributed by atoms with Crippen LogP contribution in [0.15, 0.2) is 48.7 Å². The van der Waals surface area contributed by atoms with Crippen molar-refractivity contribution >= 4 is 23.1 Å². The summed E-state index contributed by atoms with van der Waals surface area (Å²) in [5, 5.41) is 10.7. The van der Waals surface area contributed by atoms with Crippen molar-refractivity contribution in [3.05, 3.63) is 60.0 Å². The van der Waals surface area contributed by atoms with E-state index in [1.54, 1.807) is 35.8 Å². The molecule has 3 heterocycles. The van der Waals surface area contributed by atoms with Gasteiger partial charge < -0.3 is 16.4 Å². The minimum absolute atomic E-state index is 0.431. The summed E-state index contributed by atoms with van der Waals surface area (Å²) in [5.41, 5.74) is 7.07. The summed E-state index contributed by atoms with van der Waals surface area (Å²) in [7, 11) is 0. The van der Waals surface area contributed by atoms with Crippen LogP contribution in [0.3, 0.4) is 0 Å². The van der Waals surface area contributed by atoms with Gasteiger partial charge in [-0.1, -0.05) is 12.1 Å². The maximum Gasteiger partial charge on any atom is 0.416 e. The molecule has 160 valence electrons. The summed E-state index contributed by atoms with van der Waals surface area (Å²) in [4.78, 5) is 13.1. The third kappa shape index (κ3) is 4.65. The van der Waals surface area contributed by atoms with Crippen LogP contribution in [0.2, 0.25) is 0 Å². The van der Waals surface area contributed by atoms with Gasteiger partial charge in [0.05, 0.1) is 23.1 Å². The second-order valence-corrected chi connectivity index (χ2v) is 6.80. The zero-order valence-electron chi connectivity index (χ0n) is 16.5. The molecule has 31 heavy (non-hydrogen) atoms. The largest absolute Gasteiger partial charge is 0.416 e. The van der Waals surface area contributed by atoms with Crippen LogP contribution in [0.4, 0.5) is 30.6 Å². The first-order chi connectivity index (χ1) is 14.8. The molecule has 0 fully saturated rings. The molecule has 1 aromatic carbocycles. The summed E-state index contributed by atoms with van der Waals surface area (Å²) in [6.07, 6.45) is -2.83. The number of fused-ring (bicyclic) bond motifs is 1. The monoisotopic (exact) mass is 428 g/mol. The second kappa shape index (κ2) is 8.09. The van der Waals surface area contributed by atoms with Crippen LogP contribution in [-0.2, 0) is 6.18 Å². The summed E-state index contributed by atoms with van der Waals surface area (Å²) in [6.45, 7) is 2.78. The van der Waals surface area contributed by atoms with Gasteiger partial charge in [0.25, 0.3) is 0 Å². The number of nitrogens with zero attached hydrogens (tertiary/aromatic N) is 5. The van der Waals surface area contributed by atoms with E-state index in [4.69, 9.17) is 5.73 Å². The van der Waals surface area contributed by atoms with Gasteiger partial charge in [0.15, 0.2) is 5.65 Å². The van der Waals surface area contributed by atoms with E-state index in [1.165, 1.54) is 12.1 Å². The molecule has 3 aromatic heterocycles. The quantitative estimate of drug-likeness (QED) is 0.403. The molecule has 0 bridgehead atoms. The van der Waals surface area contributed by atoms with E-state index >= 15 is 0 Å². The predicted molar refractivity (Wildman–Crippen MR) is 112 cm³/mol. The maximum absolute atomic E-state index is 12.8. The predicted octanol–water partition coefficient (Wildman–Crippen LogP) is 3.62. The average molecular weight is 428 g/mol. The van der Waals surface area contributed by atoms with Gasteiger partial charge in [0.1, 0.15) is 11.6 Å². The third-order valence-corrected chi connectivity index (χ3v) is 4.44. The van der Waals surface area contributed by atoms with E-state index in [0.29, 0.717) is 53.3 Å². The van der Waals surface area contributed by atoms with Gasteiger partial charge in [-0.15, -0.1) is 5.10 Å². The molecule has 0 saturated carbocycles. The van der Waals surface area contributed by atoms with Crippen LogP contribution < -0.4 is 16.4 Å². The molecule has 0 unspecified atom stereocenters. The highest BCUT2D eigenvalue weighted by Crippen LogP contribution is 2.31. The lowest BCUT2D eigenvalue weighted by atomic mass is 10.1. The molecule has 0 amide bonds. The van der Waals surface area contributed by atoms with E-state index in [0.717, 1.165) is 12.1 Å². The number of hydrogen-bond acceptors (Lipinski definition) is 7. The average Bonchev–Trinajstić information content (AvgIpc) is 3.12. The molecular weight excluding hydrogens is 409 g/mol.